The SMILES string of the molecule is COC(=O)C1=C[C@]23CCCN4CC[C@@]5(c6ccc(OC)c(OC)c6N[C@@]15CC2)[C@@]43C#N. The van der Waals surface area contributed by atoms with Gasteiger partial charge in [-0.15, -0.1) is 0 Å². The van der Waals surface area contributed by atoms with Gasteiger partial charge in [0.15, 0.2) is 11.5 Å². The number of piperidine rings is 1. The quantitative estimate of drug-likeness (QED) is 0.752. The number of nitrogens with zero attached hydrogens (tertiary/aromatic N) is 2. The largest absolute Gasteiger partial charge is 0.493 e. The molecule has 1 aromatic carbocycles. The second-order valence-electron chi connectivity index (χ2n) is 9.53. The fourth-order valence-corrected chi connectivity index (χ4v) is 8.21. The summed E-state index contributed by atoms with van der Waals surface area (Å²) in [5.41, 5.74) is 0.259. The second kappa shape index (κ2) is 5.74. The average Bonchev–Trinajstić information content (AvgIpc) is 3.32. The van der Waals surface area contributed by atoms with E-state index < -0.39 is 16.5 Å². The molecule has 3 fully saturated rings. The Morgan fingerprint density at radius 1 is 1.13 bits per heavy atom. The van der Waals surface area contributed by atoms with Gasteiger partial charge in [0.05, 0.1) is 49.6 Å². The third-order valence-corrected chi connectivity index (χ3v) is 9.09. The van der Waals surface area contributed by atoms with Crippen LogP contribution in [0.3, 0.4) is 0 Å². The molecule has 7 nitrogen and oxygen atoms in total. The van der Waals surface area contributed by atoms with Crippen LogP contribution in [0.4, 0.5) is 5.69 Å². The number of methoxy groups -OCH3 is 3. The van der Waals surface area contributed by atoms with Crippen molar-refractivity contribution in [1.82, 2.24) is 4.90 Å². The van der Waals surface area contributed by atoms with Gasteiger partial charge >= 0.3 is 5.97 Å². The van der Waals surface area contributed by atoms with E-state index in [1.54, 1.807) is 14.2 Å². The molecule has 0 unspecified atom stereocenters. The van der Waals surface area contributed by atoms with Crippen molar-refractivity contribution in [3.05, 3.63) is 29.3 Å². The smallest absolute Gasteiger partial charge is 0.335 e. The van der Waals surface area contributed by atoms with E-state index in [9.17, 15) is 10.1 Å². The normalized spacial score (nSPS) is 38.8. The Bertz CT molecular complexity index is 1090. The molecular weight excluding hydrogens is 394 g/mol. The average molecular weight is 421 g/mol. The van der Waals surface area contributed by atoms with E-state index in [1.807, 2.05) is 6.07 Å². The van der Waals surface area contributed by atoms with Crippen LogP contribution in [0.15, 0.2) is 23.8 Å². The van der Waals surface area contributed by atoms with Gasteiger partial charge in [0, 0.05) is 12.0 Å². The molecule has 3 aliphatic heterocycles. The minimum absolute atomic E-state index is 0.305. The van der Waals surface area contributed by atoms with Crippen molar-refractivity contribution in [2.24, 2.45) is 5.41 Å². The minimum Gasteiger partial charge on any atom is -0.493 e. The van der Waals surface area contributed by atoms with Gasteiger partial charge in [-0.1, -0.05) is 12.1 Å². The van der Waals surface area contributed by atoms with Gasteiger partial charge < -0.3 is 19.5 Å². The van der Waals surface area contributed by atoms with E-state index in [0.29, 0.717) is 17.1 Å². The minimum atomic E-state index is -0.703. The van der Waals surface area contributed by atoms with Crippen LogP contribution in [0.5, 0.6) is 11.5 Å². The highest BCUT2D eigenvalue weighted by Gasteiger charge is 2.84. The molecule has 7 rings (SSSR count). The summed E-state index contributed by atoms with van der Waals surface area (Å²) in [5, 5.41) is 14.7. The van der Waals surface area contributed by atoms with Crippen molar-refractivity contribution in [2.45, 2.75) is 48.6 Å². The number of nitriles is 1. The molecule has 0 radical (unpaired) electrons. The van der Waals surface area contributed by atoms with E-state index >= 15 is 0 Å². The molecule has 1 aromatic rings. The summed E-state index contributed by atoms with van der Waals surface area (Å²) in [4.78, 5) is 15.6. The lowest BCUT2D eigenvalue weighted by Gasteiger charge is -2.69. The lowest BCUT2D eigenvalue weighted by atomic mass is 9.37. The first-order valence-corrected chi connectivity index (χ1v) is 11.0. The highest BCUT2D eigenvalue weighted by Crippen LogP contribution is 2.77. The van der Waals surface area contributed by atoms with Gasteiger partial charge in [0.2, 0.25) is 0 Å². The first-order chi connectivity index (χ1) is 15.0. The summed E-state index contributed by atoms with van der Waals surface area (Å²) >= 11 is 0. The molecule has 3 aliphatic carbocycles. The molecule has 3 heterocycles. The number of hydrogen-bond donors (Lipinski definition) is 1. The van der Waals surface area contributed by atoms with Gasteiger partial charge in [0.1, 0.15) is 5.54 Å². The molecule has 6 aliphatic rings. The van der Waals surface area contributed by atoms with Crippen LogP contribution in [0, 0.1) is 16.7 Å². The number of carbonyl (C=O) groups is 1. The van der Waals surface area contributed by atoms with Gasteiger partial charge in [-0.25, -0.2) is 4.79 Å². The molecule has 3 spiro atoms. The number of anilines is 1. The lowest BCUT2D eigenvalue weighted by Crippen LogP contribution is -2.79. The molecule has 2 bridgehead atoms. The van der Waals surface area contributed by atoms with Gasteiger partial charge in [-0.05, 0) is 50.3 Å². The summed E-state index contributed by atoms with van der Waals surface area (Å²) in [7, 11) is 4.70. The number of benzene rings is 1. The predicted molar refractivity (Wildman–Crippen MR) is 113 cm³/mol. The zero-order valence-electron chi connectivity index (χ0n) is 18.2. The van der Waals surface area contributed by atoms with Crippen molar-refractivity contribution >= 4 is 11.7 Å². The summed E-state index contributed by atoms with van der Waals surface area (Å²) in [5.74, 6) is 0.958. The first-order valence-electron chi connectivity index (χ1n) is 11.0. The van der Waals surface area contributed by atoms with E-state index in [0.717, 1.165) is 56.4 Å². The number of rotatable bonds is 3. The van der Waals surface area contributed by atoms with Gasteiger partial charge in [-0.3, -0.25) is 4.90 Å². The van der Waals surface area contributed by atoms with Crippen molar-refractivity contribution in [1.29, 1.82) is 5.26 Å². The third kappa shape index (κ3) is 1.67. The molecule has 4 atom stereocenters. The van der Waals surface area contributed by atoms with Gasteiger partial charge in [0.25, 0.3) is 0 Å². The second-order valence-corrected chi connectivity index (χ2v) is 9.53. The van der Waals surface area contributed by atoms with Crippen LogP contribution in [-0.4, -0.2) is 56.4 Å². The van der Waals surface area contributed by atoms with Crippen molar-refractivity contribution in [3.63, 3.8) is 0 Å². The Balaban J connectivity index is 1.75. The Morgan fingerprint density at radius 2 is 1.97 bits per heavy atom. The lowest BCUT2D eigenvalue weighted by molar-refractivity contribution is -0.140. The molecule has 1 saturated carbocycles. The van der Waals surface area contributed by atoms with E-state index in [-0.39, 0.29) is 11.4 Å². The van der Waals surface area contributed by atoms with Crippen molar-refractivity contribution in [3.8, 4) is 17.6 Å². The summed E-state index contributed by atoms with van der Waals surface area (Å²) in [6.45, 7) is 1.76. The highest BCUT2D eigenvalue weighted by atomic mass is 16.5. The maximum atomic E-state index is 13.2. The number of ether oxygens (including phenoxy) is 3. The Morgan fingerprint density at radius 3 is 2.68 bits per heavy atom. The number of nitrogens with one attached hydrogen (secondary N) is 1. The van der Waals surface area contributed by atoms with Crippen LogP contribution in [0.25, 0.3) is 0 Å². The van der Waals surface area contributed by atoms with Crippen LogP contribution in [0.1, 0.15) is 37.7 Å². The summed E-state index contributed by atoms with van der Waals surface area (Å²) < 4.78 is 16.7. The van der Waals surface area contributed by atoms with E-state index in [4.69, 9.17) is 14.2 Å². The highest BCUT2D eigenvalue weighted by molar-refractivity contribution is 5.97. The zero-order chi connectivity index (χ0) is 21.6. The maximum absolute atomic E-state index is 13.2. The molecule has 0 aromatic heterocycles. The van der Waals surface area contributed by atoms with Crippen LogP contribution in [-0.2, 0) is 14.9 Å². The molecule has 0 amide bonds. The maximum Gasteiger partial charge on any atom is 0.335 e. The standard InChI is InChI=1S/C24H27N3O4/c1-29-17-6-5-15-18(19(17)30-2)26-23-9-8-21(13-16(23)20(28)31-3)7-4-11-27-12-10-22(15,23)24(21,27)14-25/h5-6,13,26H,4,7-12H2,1-3H3/t21-,22-,23-,24-/m0/s1. The summed E-state index contributed by atoms with van der Waals surface area (Å²) in [6, 6.07) is 6.88. The van der Waals surface area contributed by atoms with E-state index in [1.165, 1.54) is 7.11 Å². The molecule has 31 heavy (non-hydrogen) atoms. The predicted octanol–water partition coefficient (Wildman–Crippen LogP) is 2.76. The Labute approximate surface area is 181 Å². The van der Waals surface area contributed by atoms with Crippen LogP contribution in [0.2, 0.25) is 0 Å². The summed E-state index contributed by atoms with van der Waals surface area (Å²) in [6.07, 6.45) is 6.53. The van der Waals surface area contributed by atoms with Crippen LogP contribution >= 0.6 is 0 Å². The van der Waals surface area contributed by atoms with Crippen molar-refractivity contribution in [2.75, 3.05) is 39.7 Å². The Kier molecular flexibility index (Phi) is 3.52. The van der Waals surface area contributed by atoms with Gasteiger partial charge in [-0.2, -0.15) is 5.26 Å². The van der Waals surface area contributed by atoms with Crippen molar-refractivity contribution < 1.29 is 19.0 Å². The third-order valence-electron chi connectivity index (χ3n) is 9.09. The molecular formula is C24H27N3O4. The van der Waals surface area contributed by atoms with Crippen LogP contribution < -0.4 is 14.8 Å². The number of hydrogen-bond acceptors (Lipinski definition) is 7. The number of carbonyl (C=O) groups excluding carboxylic acids is 1. The monoisotopic (exact) mass is 421 g/mol. The molecule has 7 heteroatoms. The van der Waals surface area contributed by atoms with E-state index in [2.05, 4.69) is 28.4 Å². The zero-order valence-corrected chi connectivity index (χ0v) is 18.2. The molecule has 1 N–H and O–H groups in total. The molecule has 162 valence electrons. The fraction of sp³-hybridized carbons (Fsp3) is 0.583. The first kappa shape index (κ1) is 19.0. The number of esters is 1. The fourth-order valence-electron chi connectivity index (χ4n) is 8.21. The Hall–Kier alpha value is -2.72. The number of fused-ring (bicyclic) bond motifs is 2. The topological polar surface area (TPSA) is 83.8 Å². The molecule has 2 saturated heterocycles.